The Balaban J connectivity index is 0.00000228. The average molecular weight is 484 g/mol. The molecule has 33 heavy (non-hydrogen) atoms. The van der Waals surface area contributed by atoms with Crippen LogP contribution < -0.4 is 0 Å². The van der Waals surface area contributed by atoms with Gasteiger partial charge in [0.2, 0.25) is 0 Å². The molecule has 2 aliphatic rings. The number of H-pyrrole nitrogens is 2. The van der Waals surface area contributed by atoms with Gasteiger partial charge in [-0.3, -0.25) is 0 Å². The van der Waals surface area contributed by atoms with E-state index in [0.717, 1.165) is 33.5 Å². The van der Waals surface area contributed by atoms with Crippen molar-refractivity contribution < 1.29 is 29.7 Å². The van der Waals surface area contributed by atoms with Gasteiger partial charge in [-0.25, -0.2) is 9.97 Å². The van der Waals surface area contributed by atoms with Gasteiger partial charge in [0.25, 0.3) is 0 Å². The molecule has 5 heterocycles. The molecule has 2 aliphatic heterocycles. The number of aromatic hydroxyl groups is 2. The van der Waals surface area contributed by atoms with Crippen LogP contribution in [0.1, 0.15) is 28.3 Å². The van der Waals surface area contributed by atoms with Crippen molar-refractivity contribution >= 4 is 45.9 Å². The summed E-state index contributed by atoms with van der Waals surface area (Å²) >= 11 is 0. The van der Waals surface area contributed by atoms with E-state index in [9.17, 15) is 10.2 Å². The zero-order valence-corrected chi connectivity index (χ0v) is 20.5. The third kappa shape index (κ3) is 3.99. The van der Waals surface area contributed by atoms with Crippen LogP contribution in [0, 0.1) is 0 Å². The van der Waals surface area contributed by atoms with Gasteiger partial charge < -0.3 is 20.2 Å². The van der Waals surface area contributed by atoms with Crippen molar-refractivity contribution in [3.05, 3.63) is 95.1 Å². The molecule has 0 saturated carbocycles. The molecule has 3 aromatic heterocycles. The summed E-state index contributed by atoms with van der Waals surface area (Å²) in [6.45, 7) is 0. The number of phenols is 2. The molecule has 6 rings (SSSR count). The Morgan fingerprint density at radius 3 is 1.79 bits per heavy atom. The average Bonchev–Trinajstić information content (AvgIpc) is 3.54. The minimum atomic E-state index is -0.00643. The van der Waals surface area contributed by atoms with Crippen LogP contribution in [0.15, 0.2) is 66.7 Å². The van der Waals surface area contributed by atoms with Crippen LogP contribution >= 0.6 is 0 Å². The number of fused-ring (bicyclic) bond motifs is 8. The minimum Gasteiger partial charge on any atom is -0.507 e. The molecule has 0 aliphatic carbocycles. The first-order valence-electron chi connectivity index (χ1n) is 10.2. The zero-order chi connectivity index (χ0) is 21.7. The van der Waals surface area contributed by atoms with Gasteiger partial charge in [0, 0.05) is 47.1 Å². The molecule has 0 spiro atoms. The first-order chi connectivity index (χ1) is 15.6. The van der Waals surface area contributed by atoms with E-state index in [2.05, 4.69) is 15.0 Å². The second-order valence-electron chi connectivity index (χ2n) is 7.76. The summed E-state index contributed by atoms with van der Waals surface area (Å²) in [7, 11) is 0. The maximum atomic E-state index is 10.4. The number of benzene rings is 1. The molecular formula is C26H18N4O2Zn. The molecule has 4 aromatic rings. The van der Waals surface area contributed by atoms with E-state index >= 15 is 0 Å². The third-order valence-corrected chi connectivity index (χ3v) is 5.46. The number of aromatic amines is 2. The summed E-state index contributed by atoms with van der Waals surface area (Å²) in [4.78, 5) is 16.2. The summed E-state index contributed by atoms with van der Waals surface area (Å²) in [5.41, 5.74) is 7.67. The number of rotatable bonds is 1. The van der Waals surface area contributed by atoms with Crippen molar-refractivity contribution in [3.8, 4) is 11.5 Å². The second kappa shape index (κ2) is 8.19. The summed E-state index contributed by atoms with van der Waals surface area (Å²) in [5.74, 6) is -0.0129. The summed E-state index contributed by atoms with van der Waals surface area (Å²) in [5, 5.41) is 20.9. The largest absolute Gasteiger partial charge is 0.507 e. The molecule has 0 atom stereocenters. The molecule has 0 radical (unpaired) electrons. The van der Waals surface area contributed by atoms with E-state index in [4.69, 9.17) is 4.98 Å². The van der Waals surface area contributed by atoms with Crippen LogP contribution in [0.2, 0.25) is 0 Å². The molecule has 0 fully saturated rings. The van der Waals surface area contributed by atoms with Crippen molar-refractivity contribution in [3.63, 3.8) is 0 Å². The number of hydrogen-bond acceptors (Lipinski definition) is 4. The SMILES string of the molecule is Oc1cccc(O)c1C1=Cc2cc3ccc(cc4ccc(cc5nc(cc1n2)C=C5)[nH]4)[nH]3.[Zn]. The Labute approximate surface area is 201 Å². The smallest absolute Gasteiger partial charge is 0.127 e. The van der Waals surface area contributed by atoms with Gasteiger partial charge in [-0.05, 0) is 78.9 Å². The fourth-order valence-electron chi connectivity index (χ4n) is 4.02. The van der Waals surface area contributed by atoms with E-state index < -0.39 is 0 Å². The molecule has 6 nitrogen and oxygen atoms in total. The molecular weight excluding hydrogens is 466 g/mol. The molecule has 1 aromatic carbocycles. The van der Waals surface area contributed by atoms with E-state index in [0.29, 0.717) is 22.5 Å². The van der Waals surface area contributed by atoms with E-state index in [-0.39, 0.29) is 31.0 Å². The minimum absolute atomic E-state index is 0. The Bertz CT molecular complexity index is 1590. The predicted molar refractivity (Wildman–Crippen MR) is 127 cm³/mol. The maximum absolute atomic E-state index is 10.4. The van der Waals surface area contributed by atoms with Crippen LogP contribution in [0.4, 0.5) is 0 Å². The van der Waals surface area contributed by atoms with Gasteiger partial charge in [0.15, 0.2) is 0 Å². The van der Waals surface area contributed by atoms with E-state index in [1.165, 1.54) is 0 Å². The molecule has 4 N–H and O–H groups in total. The Hall–Kier alpha value is -3.96. The summed E-state index contributed by atoms with van der Waals surface area (Å²) < 4.78 is 0. The van der Waals surface area contributed by atoms with Crippen LogP contribution in [-0.4, -0.2) is 30.1 Å². The fraction of sp³-hybridized carbons (Fsp3) is 0. The molecule has 156 valence electrons. The van der Waals surface area contributed by atoms with Gasteiger partial charge in [0.05, 0.1) is 28.3 Å². The topological polar surface area (TPSA) is 97.8 Å². The normalized spacial score (nSPS) is 12.3. The number of hydrogen-bond donors (Lipinski definition) is 4. The van der Waals surface area contributed by atoms with Crippen molar-refractivity contribution in [1.82, 2.24) is 19.9 Å². The number of nitrogens with zero attached hydrogens (tertiary/aromatic N) is 2. The number of aromatic nitrogens is 4. The standard InChI is InChI=1S/C26H18N4O2.Zn/c31-24-2-1-3-25(32)26(24)22-13-21-12-19-7-6-17(28-19)10-15-4-5-16(27-15)11-18-8-9-20(29-18)14-23(22)30-21;/h1-14,27-28,31-32H;. The zero-order valence-electron chi connectivity index (χ0n) is 17.6. The van der Waals surface area contributed by atoms with Crippen molar-refractivity contribution in [2.45, 2.75) is 0 Å². The number of nitrogens with one attached hydrogen (secondary N) is 2. The van der Waals surface area contributed by atoms with Crippen LogP contribution in [-0.2, 0) is 19.5 Å². The predicted octanol–water partition coefficient (Wildman–Crippen LogP) is 5.48. The van der Waals surface area contributed by atoms with Gasteiger partial charge in [-0.2, -0.15) is 0 Å². The van der Waals surface area contributed by atoms with Gasteiger partial charge in [0.1, 0.15) is 11.5 Å². The Morgan fingerprint density at radius 1 is 0.606 bits per heavy atom. The molecule has 0 amide bonds. The first-order valence-corrected chi connectivity index (χ1v) is 10.2. The Kier molecular flexibility index (Phi) is 5.19. The van der Waals surface area contributed by atoms with Gasteiger partial charge in [-0.1, -0.05) is 6.07 Å². The van der Waals surface area contributed by atoms with E-state index in [1.807, 2.05) is 66.8 Å². The van der Waals surface area contributed by atoms with E-state index in [1.54, 1.807) is 18.2 Å². The first kappa shape index (κ1) is 20.9. The van der Waals surface area contributed by atoms with Crippen LogP contribution in [0.3, 0.4) is 0 Å². The van der Waals surface area contributed by atoms with Crippen LogP contribution in [0.25, 0.3) is 45.9 Å². The van der Waals surface area contributed by atoms with Crippen molar-refractivity contribution in [2.24, 2.45) is 0 Å². The van der Waals surface area contributed by atoms with Gasteiger partial charge >= 0.3 is 0 Å². The quantitative estimate of drug-likeness (QED) is 0.233. The Morgan fingerprint density at radius 2 is 1.15 bits per heavy atom. The molecule has 8 bridgehead atoms. The van der Waals surface area contributed by atoms with Crippen LogP contribution in [0.5, 0.6) is 11.5 Å². The fourth-order valence-corrected chi connectivity index (χ4v) is 4.02. The monoisotopic (exact) mass is 482 g/mol. The summed E-state index contributed by atoms with van der Waals surface area (Å²) in [6.07, 6.45) is 5.72. The molecule has 0 saturated heterocycles. The number of phenolic OH excluding ortho intramolecular Hbond substituents is 2. The van der Waals surface area contributed by atoms with Crippen molar-refractivity contribution in [2.75, 3.05) is 0 Å². The molecule has 0 unspecified atom stereocenters. The second-order valence-corrected chi connectivity index (χ2v) is 7.76. The van der Waals surface area contributed by atoms with Crippen molar-refractivity contribution in [1.29, 1.82) is 0 Å². The summed E-state index contributed by atoms with van der Waals surface area (Å²) in [6, 6.07) is 20.5. The van der Waals surface area contributed by atoms with Gasteiger partial charge in [-0.15, -0.1) is 0 Å². The molecule has 7 heteroatoms. The third-order valence-electron chi connectivity index (χ3n) is 5.46. The maximum Gasteiger partial charge on any atom is 0.127 e.